The Balaban J connectivity index is 2.51. The standard InChI is InChI=1S/C13H17N3O2S/c1-3-12(14)11-6-4-5-7-13(11)16-9-10(8-15-16)19(2,17)18/h4-9,12H,3,14H2,1-2H3/t12-/m1/s1. The first-order valence-electron chi connectivity index (χ1n) is 6.03. The summed E-state index contributed by atoms with van der Waals surface area (Å²) in [5, 5.41) is 4.11. The van der Waals surface area contributed by atoms with Crippen molar-refractivity contribution in [3.05, 3.63) is 42.2 Å². The van der Waals surface area contributed by atoms with E-state index < -0.39 is 9.84 Å². The molecule has 1 aromatic heterocycles. The minimum Gasteiger partial charge on any atom is -0.324 e. The number of rotatable bonds is 4. The summed E-state index contributed by atoms with van der Waals surface area (Å²) in [5.41, 5.74) is 7.83. The van der Waals surface area contributed by atoms with E-state index in [1.54, 1.807) is 4.68 Å². The van der Waals surface area contributed by atoms with Crippen LogP contribution in [-0.2, 0) is 9.84 Å². The number of hydrogen-bond donors (Lipinski definition) is 1. The molecule has 1 aromatic carbocycles. The highest BCUT2D eigenvalue weighted by atomic mass is 32.2. The molecule has 0 radical (unpaired) electrons. The van der Waals surface area contributed by atoms with Crippen LogP contribution >= 0.6 is 0 Å². The van der Waals surface area contributed by atoms with Crippen LogP contribution in [0.15, 0.2) is 41.6 Å². The highest BCUT2D eigenvalue weighted by Crippen LogP contribution is 2.22. The average molecular weight is 279 g/mol. The maximum absolute atomic E-state index is 11.5. The molecule has 2 N–H and O–H groups in total. The number of benzene rings is 1. The lowest BCUT2D eigenvalue weighted by atomic mass is 10.0. The van der Waals surface area contributed by atoms with Gasteiger partial charge in [0.1, 0.15) is 4.90 Å². The van der Waals surface area contributed by atoms with Gasteiger partial charge in [-0.15, -0.1) is 0 Å². The maximum atomic E-state index is 11.5. The van der Waals surface area contributed by atoms with Crippen LogP contribution in [0, 0.1) is 0 Å². The molecule has 0 saturated carbocycles. The van der Waals surface area contributed by atoms with E-state index in [1.807, 2.05) is 31.2 Å². The molecular weight excluding hydrogens is 262 g/mol. The highest BCUT2D eigenvalue weighted by molar-refractivity contribution is 7.90. The number of aromatic nitrogens is 2. The summed E-state index contributed by atoms with van der Waals surface area (Å²) in [6.45, 7) is 2.01. The lowest BCUT2D eigenvalue weighted by Crippen LogP contribution is -2.12. The Morgan fingerprint density at radius 1 is 1.37 bits per heavy atom. The van der Waals surface area contributed by atoms with Gasteiger partial charge < -0.3 is 5.73 Å². The molecule has 0 aliphatic carbocycles. The van der Waals surface area contributed by atoms with Crippen LogP contribution in [0.5, 0.6) is 0 Å². The first-order chi connectivity index (χ1) is 8.93. The van der Waals surface area contributed by atoms with Crippen LogP contribution in [0.4, 0.5) is 0 Å². The van der Waals surface area contributed by atoms with Crippen molar-refractivity contribution in [3.8, 4) is 5.69 Å². The molecule has 102 valence electrons. The Kier molecular flexibility index (Phi) is 3.73. The predicted octanol–water partition coefficient (Wildman–Crippen LogP) is 1.69. The lowest BCUT2D eigenvalue weighted by molar-refractivity contribution is 0.602. The fourth-order valence-corrected chi connectivity index (χ4v) is 2.39. The summed E-state index contributed by atoms with van der Waals surface area (Å²) in [6, 6.07) is 7.51. The molecule has 6 heteroatoms. The van der Waals surface area contributed by atoms with E-state index >= 15 is 0 Å². The molecule has 1 atom stereocenters. The number of nitrogens with zero attached hydrogens (tertiary/aromatic N) is 2. The van der Waals surface area contributed by atoms with Gasteiger partial charge >= 0.3 is 0 Å². The third-order valence-corrected chi connectivity index (χ3v) is 4.08. The van der Waals surface area contributed by atoms with Crippen molar-refractivity contribution in [2.75, 3.05) is 6.26 Å². The average Bonchev–Trinajstić information content (AvgIpc) is 2.87. The molecule has 0 amide bonds. The van der Waals surface area contributed by atoms with Gasteiger partial charge in [-0.1, -0.05) is 25.1 Å². The van der Waals surface area contributed by atoms with Crippen molar-refractivity contribution in [1.82, 2.24) is 9.78 Å². The Morgan fingerprint density at radius 2 is 2.05 bits per heavy atom. The van der Waals surface area contributed by atoms with Gasteiger partial charge in [-0.25, -0.2) is 13.1 Å². The van der Waals surface area contributed by atoms with Crippen LogP contribution in [0.3, 0.4) is 0 Å². The molecule has 0 spiro atoms. The van der Waals surface area contributed by atoms with Crippen LogP contribution in [-0.4, -0.2) is 24.5 Å². The zero-order valence-corrected chi connectivity index (χ0v) is 11.8. The number of hydrogen-bond acceptors (Lipinski definition) is 4. The smallest absolute Gasteiger partial charge is 0.178 e. The SMILES string of the molecule is CC[C@@H](N)c1ccccc1-n1cc(S(C)(=O)=O)cn1. The van der Waals surface area contributed by atoms with Crippen molar-refractivity contribution in [1.29, 1.82) is 0 Å². The third-order valence-electron chi connectivity index (χ3n) is 3.01. The second kappa shape index (κ2) is 5.14. The van der Waals surface area contributed by atoms with E-state index in [1.165, 1.54) is 12.4 Å². The first-order valence-corrected chi connectivity index (χ1v) is 7.92. The maximum Gasteiger partial charge on any atom is 0.178 e. The molecule has 0 fully saturated rings. The minimum atomic E-state index is -3.24. The van der Waals surface area contributed by atoms with Gasteiger partial charge in [-0.3, -0.25) is 0 Å². The molecule has 0 saturated heterocycles. The van der Waals surface area contributed by atoms with Gasteiger partial charge in [0.15, 0.2) is 9.84 Å². The van der Waals surface area contributed by atoms with E-state index in [-0.39, 0.29) is 10.9 Å². The molecule has 2 rings (SSSR count). The second-order valence-corrected chi connectivity index (χ2v) is 6.48. The molecule has 2 aromatic rings. The summed E-state index contributed by atoms with van der Waals surface area (Å²) in [4.78, 5) is 0.201. The molecular formula is C13H17N3O2S. The monoisotopic (exact) mass is 279 g/mol. The first kappa shape index (κ1) is 13.8. The number of nitrogens with two attached hydrogens (primary N) is 1. The van der Waals surface area contributed by atoms with Crippen LogP contribution in [0.25, 0.3) is 5.69 Å². The molecule has 0 aliphatic rings. The van der Waals surface area contributed by atoms with Gasteiger partial charge in [-0.05, 0) is 18.1 Å². The van der Waals surface area contributed by atoms with Crippen LogP contribution in [0.2, 0.25) is 0 Å². The zero-order valence-electron chi connectivity index (χ0n) is 10.9. The van der Waals surface area contributed by atoms with E-state index in [4.69, 9.17) is 5.73 Å². The van der Waals surface area contributed by atoms with Crippen molar-refractivity contribution in [3.63, 3.8) is 0 Å². The number of para-hydroxylation sites is 1. The Bertz CT molecular complexity index is 677. The second-order valence-electron chi connectivity index (χ2n) is 4.47. The van der Waals surface area contributed by atoms with Crippen molar-refractivity contribution in [2.24, 2.45) is 5.73 Å². The van der Waals surface area contributed by atoms with Crippen molar-refractivity contribution < 1.29 is 8.42 Å². The Morgan fingerprint density at radius 3 is 2.63 bits per heavy atom. The van der Waals surface area contributed by atoms with Crippen LogP contribution < -0.4 is 5.73 Å². The zero-order chi connectivity index (χ0) is 14.0. The minimum absolute atomic E-state index is 0.0953. The van der Waals surface area contributed by atoms with Crippen LogP contribution in [0.1, 0.15) is 24.9 Å². The largest absolute Gasteiger partial charge is 0.324 e. The molecule has 0 bridgehead atoms. The summed E-state index contributed by atoms with van der Waals surface area (Å²) in [5.74, 6) is 0. The summed E-state index contributed by atoms with van der Waals surface area (Å²) >= 11 is 0. The quantitative estimate of drug-likeness (QED) is 0.923. The third kappa shape index (κ3) is 2.85. The molecule has 0 aliphatic heterocycles. The fraction of sp³-hybridized carbons (Fsp3) is 0.308. The molecule has 0 unspecified atom stereocenters. The van der Waals surface area contributed by atoms with Gasteiger partial charge in [0.2, 0.25) is 0 Å². The van der Waals surface area contributed by atoms with E-state index in [0.29, 0.717) is 0 Å². The summed E-state index contributed by atoms with van der Waals surface area (Å²) < 4.78 is 24.5. The fourth-order valence-electron chi connectivity index (χ4n) is 1.86. The van der Waals surface area contributed by atoms with E-state index in [9.17, 15) is 8.42 Å². The van der Waals surface area contributed by atoms with E-state index in [0.717, 1.165) is 23.9 Å². The predicted molar refractivity (Wildman–Crippen MR) is 73.9 cm³/mol. The Labute approximate surface area is 113 Å². The lowest BCUT2D eigenvalue weighted by Gasteiger charge is -2.14. The number of sulfone groups is 1. The normalized spacial score (nSPS) is 13.4. The van der Waals surface area contributed by atoms with Crippen molar-refractivity contribution >= 4 is 9.84 Å². The van der Waals surface area contributed by atoms with E-state index in [2.05, 4.69) is 5.10 Å². The molecule has 1 heterocycles. The van der Waals surface area contributed by atoms with Gasteiger partial charge in [0, 0.05) is 18.5 Å². The highest BCUT2D eigenvalue weighted by Gasteiger charge is 2.14. The topological polar surface area (TPSA) is 78.0 Å². The Hall–Kier alpha value is -1.66. The van der Waals surface area contributed by atoms with Gasteiger partial charge in [0.05, 0.1) is 11.9 Å². The molecule has 5 nitrogen and oxygen atoms in total. The molecule has 19 heavy (non-hydrogen) atoms. The van der Waals surface area contributed by atoms with Crippen molar-refractivity contribution in [2.45, 2.75) is 24.3 Å². The van der Waals surface area contributed by atoms with Gasteiger partial charge in [0.25, 0.3) is 0 Å². The summed E-state index contributed by atoms with van der Waals surface area (Å²) in [6.07, 6.45) is 4.83. The van der Waals surface area contributed by atoms with Gasteiger partial charge in [-0.2, -0.15) is 5.10 Å². The summed E-state index contributed by atoms with van der Waals surface area (Å²) in [7, 11) is -3.24.